The van der Waals surface area contributed by atoms with E-state index in [0.29, 0.717) is 18.8 Å². The van der Waals surface area contributed by atoms with Crippen molar-refractivity contribution in [3.63, 3.8) is 0 Å². The Kier molecular flexibility index (Phi) is 10.9. The topological polar surface area (TPSA) is 54.0 Å². The van der Waals surface area contributed by atoms with Crippen molar-refractivity contribution in [2.75, 3.05) is 19.8 Å². The van der Waals surface area contributed by atoms with Crippen molar-refractivity contribution in [3.8, 4) is 5.75 Å². The van der Waals surface area contributed by atoms with E-state index in [4.69, 9.17) is 14.4 Å². The molecule has 0 amide bonds. The lowest BCUT2D eigenvalue weighted by molar-refractivity contribution is -0.218. The smallest absolute Gasteiger partial charge is 0.373 e. The molecule has 0 aliphatic heterocycles. The highest BCUT2D eigenvalue weighted by Crippen LogP contribution is 2.14. The molecule has 0 N–H and O–H groups in total. The number of benzene rings is 1. The van der Waals surface area contributed by atoms with Crippen LogP contribution < -0.4 is 4.74 Å². The summed E-state index contributed by atoms with van der Waals surface area (Å²) in [4.78, 5) is 21.1. The molecule has 0 aliphatic rings. The van der Waals surface area contributed by atoms with Crippen molar-refractivity contribution < 1.29 is 24.0 Å². The second-order valence-corrected chi connectivity index (χ2v) is 5.14. The van der Waals surface area contributed by atoms with Crippen LogP contribution in [0, 0.1) is 6.61 Å². The number of unbranched alkanes of at least 4 members (excludes halogenated alkanes) is 3. The average Bonchev–Trinajstić information content (AvgIpc) is 2.58. The molecule has 5 nitrogen and oxygen atoms in total. The maximum Gasteiger partial charge on any atom is 0.373 e. The van der Waals surface area contributed by atoms with E-state index >= 15 is 0 Å². The summed E-state index contributed by atoms with van der Waals surface area (Å²) in [6.07, 6.45) is 5.59. The molecule has 0 saturated carbocycles. The van der Waals surface area contributed by atoms with Crippen molar-refractivity contribution >= 4 is 5.97 Å². The van der Waals surface area contributed by atoms with Crippen molar-refractivity contribution in [1.29, 1.82) is 0 Å². The maximum absolute atomic E-state index is 11.7. The molecule has 1 aromatic carbocycles. The fraction of sp³-hybridized carbons (Fsp3) is 0.556. The molecule has 129 valence electrons. The fourth-order valence-corrected chi connectivity index (χ4v) is 1.84. The van der Waals surface area contributed by atoms with Crippen LogP contribution in [0.25, 0.3) is 0 Å². The number of hydrogen-bond acceptors (Lipinski definition) is 5. The van der Waals surface area contributed by atoms with Gasteiger partial charge in [-0.25, -0.2) is 4.79 Å². The Bertz CT molecular complexity index is 416. The van der Waals surface area contributed by atoms with Crippen LogP contribution in [0.15, 0.2) is 24.3 Å². The van der Waals surface area contributed by atoms with E-state index in [0.717, 1.165) is 18.6 Å². The second kappa shape index (κ2) is 12.9. The summed E-state index contributed by atoms with van der Waals surface area (Å²) < 4.78 is 10.8. The van der Waals surface area contributed by atoms with E-state index in [2.05, 4.69) is 11.8 Å². The van der Waals surface area contributed by atoms with Gasteiger partial charge in [0.2, 0.25) is 0 Å². The van der Waals surface area contributed by atoms with Crippen molar-refractivity contribution in [2.45, 2.75) is 46.0 Å². The van der Waals surface area contributed by atoms with Gasteiger partial charge in [0.25, 0.3) is 0 Å². The normalized spacial score (nSPS) is 10.5. The molecule has 0 unspecified atom stereocenters. The highest BCUT2D eigenvalue weighted by atomic mass is 17.2. The first kappa shape index (κ1) is 19.5. The molecule has 0 atom stereocenters. The molecule has 0 aliphatic carbocycles. The Labute approximate surface area is 138 Å². The quantitative estimate of drug-likeness (QED) is 0.307. The van der Waals surface area contributed by atoms with E-state index in [9.17, 15) is 4.79 Å². The lowest BCUT2D eigenvalue weighted by atomic mass is 10.2. The molecule has 0 fully saturated rings. The van der Waals surface area contributed by atoms with Gasteiger partial charge in [-0.05, 0) is 37.1 Å². The predicted molar refractivity (Wildman–Crippen MR) is 88.0 cm³/mol. The van der Waals surface area contributed by atoms with Gasteiger partial charge in [-0.3, -0.25) is 4.89 Å². The summed E-state index contributed by atoms with van der Waals surface area (Å²) in [6.45, 7) is 7.12. The van der Waals surface area contributed by atoms with Crippen molar-refractivity contribution in [3.05, 3.63) is 36.4 Å². The molecule has 23 heavy (non-hydrogen) atoms. The van der Waals surface area contributed by atoms with Crippen LogP contribution >= 0.6 is 0 Å². The molecule has 1 aromatic rings. The molecule has 5 heteroatoms. The Morgan fingerprint density at radius 1 is 1.00 bits per heavy atom. The highest BCUT2D eigenvalue weighted by Gasteiger charge is 2.08. The summed E-state index contributed by atoms with van der Waals surface area (Å²) in [5.74, 6) is 0.199. The first-order chi connectivity index (χ1) is 11.3. The van der Waals surface area contributed by atoms with Crippen LogP contribution in [0.1, 0.15) is 56.3 Å². The van der Waals surface area contributed by atoms with Crippen LogP contribution in [0.3, 0.4) is 0 Å². The molecule has 1 radical (unpaired) electrons. The number of carbonyl (C=O) groups is 1. The summed E-state index contributed by atoms with van der Waals surface area (Å²) in [6, 6.07) is 6.82. The van der Waals surface area contributed by atoms with Gasteiger partial charge in [-0.15, -0.1) is 0 Å². The lowest BCUT2D eigenvalue weighted by Gasteiger charge is -2.07. The third kappa shape index (κ3) is 9.21. The number of rotatable bonds is 13. The molecule has 0 saturated heterocycles. The van der Waals surface area contributed by atoms with Crippen LogP contribution in [-0.4, -0.2) is 25.8 Å². The summed E-state index contributed by atoms with van der Waals surface area (Å²) in [5, 5.41) is 0. The minimum absolute atomic E-state index is 0.284. The van der Waals surface area contributed by atoms with Crippen LogP contribution in [0.2, 0.25) is 0 Å². The molecule has 0 heterocycles. The van der Waals surface area contributed by atoms with Crippen LogP contribution in [0.4, 0.5) is 0 Å². The highest BCUT2D eigenvalue weighted by molar-refractivity contribution is 5.89. The largest absolute Gasteiger partial charge is 0.494 e. The molecule has 0 aromatic heterocycles. The summed E-state index contributed by atoms with van der Waals surface area (Å²) >= 11 is 0. The van der Waals surface area contributed by atoms with E-state index in [1.165, 1.54) is 25.9 Å². The van der Waals surface area contributed by atoms with Gasteiger partial charge in [0.15, 0.2) is 6.61 Å². The minimum Gasteiger partial charge on any atom is -0.494 e. The third-order valence-corrected chi connectivity index (χ3v) is 3.08. The first-order valence-electron chi connectivity index (χ1n) is 8.27. The van der Waals surface area contributed by atoms with Crippen LogP contribution in [0.5, 0.6) is 5.75 Å². The van der Waals surface area contributed by atoms with Gasteiger partial charge in [-0.2, -0.15) is 4.89 Å². The fourth-order valence-electron chi connectivity index (χ4n) is 1.84. The summed E-state index contributed by atoms with van der Waals surface area (Å²) in [5.41, 5.74) is 0.409. The van der Waals surface area contributed by atoms with Gasteiger partial charge in [0.05, 0.1) is 18.8 Å². The van der Waals surface area contributed by atoms with Gasteiger partial charge < -0.3 is 9.47 Å². The Hall–Kier alpha value is -1.59. The molecule has 0 spiro atoms. The Morgan fingerprint density at radius 3 is 2.48 bits per heavy atom. The monoisotopic (exact) mass is 323 g/mol. The maximum atomic E-state index is 11.7. The van der Waals surface area contributed by atoms with E-state index in [-0.39, 0.29) is 6.61 Å². The molecule has 1 rings (SSSR count). The average molecular weight is 323 g/mol. The van der Waals surface area contributed by atoms with Crippen molar-refractivity contribution in [2.24, 2.45) is 0 Å². The predicted octanol–water partition coefficient (Wildman–Crippen LogP) is 4.32. The van der Waals surface area contributed by atoms with Gasteiger partial charge >= 0.3 is 5.97 Å². The van der Waals surface area contributed by atoms with Gasteiger partial charge in [-0.1, -0.05) is 33.1 Å². The number of carbonyl (C=O) groups excluding carboxylic acids is 1. The first-order valence-corrected chi connectivity index (χ1v) is 8.27. The van der Waals surface area contributed by atoms with E-state index < -0.39 is 5.97 Å². The Balaban J connectivity index is 2.20. The van der Waals surface area contributed by atoms with Gasteiger partial charge in [0.1, 0.15) is 5.75 Å². The zero-order valence-corrected chi connectivity index (χ0v) is 14.1. The van der Waals surface area contributed by atoms with Gasteiger partial charge in [0, 0.05) is 6.61 Å². The second-order valence-electron chi connectivity index (χ2n) is 5.14. The van der Waals surface area contributed by atoms with E-state index in [1.54, 1.807) is 24.3 Å². The Morgan fingerprint density at radius 2 is 1.78 bits per heavy atom. The molecular formula is C18H27O5. The number of hydrogen-bond donors (Lipinski definition) is 0. The standard InChI is InChI=1S/C18H27O5/c1-3-5-6-7-13-21-17-10-8-16(9-11-17)18(19)23-22-15-14-20-12-4-2/h8-11,15H,3-7,12-14H2,1-2H3. The lowest BCUT2D eigenvalue weighted by Crippen LogP contribution is -2.07. The van der Waals surface area contributed by atoms with E-state index in [1.807, 2.05) is 6.92 Å². The zero-order valence-electron chi connectivity index (χ0n) is 14.1. The molecule has 0 bridgehead atoms. The zero-order chi connectivity index (χ0) is 16.8. The SMILES string of the molecule is CCCCCCOc1ccc(C(=O)OO[CH]COCCC)cc1. The third-order valence-electron chi connectivity index (χ3n) is 3.08. The van der Waals surface area contributed by atoms with Crippen molar-refractivity contribution in [1.82, 2.24) is 0 Å². The minimum atomic E-state index is -0.550. The number of ether oxygens (including phenoxy) is 2. The molecular weight excluding hydrogens is 296 g/mol. The van der Waals surface area contributed by atoms with Crippen LogP contribution in [-0.2, 0) is 14.5 Å². The summed E-state index contributed by atoms with van der Waals surface area (Å²) in [7, 11) is 0.